The van der Waals surface area contributed by atoms with Crippen molar-refractivity contribution in [2.75, 3.05) is 0 Å². The van der Waals surface area contributed by atoms with Crippen LogP contribution in [0.3, 0.4) is 0 Å². The molecule has 5 heteroatoms. The molecule has 1 nitrogen and oxygen atoms in total. The zero-order valence-electron chi connectivity index (χ0n) is 10.4. The standard InChI is InChI=1S/C14H11BBrCl2N/c15-11-5-10-7(4-12(11)17)1-2-8-3-9(16)6-19-14(8)13(10)18/h3-6,13H,1-2,15H2. The second kappa shape index (κ2) is 5.12. The van der Waals surface area contributed by atoms with E-state index in [4.69, 9.17) is 23.2 Å². The number of hydrogen-bond donors (Lipinski definition) is 0. The average molecular weight is 355 g/mol. The number of aryl methyl sites for hydroxylation is 2. The Balaban J connectivity index is 2.17. The number of alkyl halides is 1. The molecule has 0 aliphatic heterocycles. The maximum Gasteiger partial charge on any atom is 0.141 e. The molecule has 1 aromatic carbocycles. The highest BCUT2D eigenvalue weighted by atomic mass is 79.9. The fourth-order valence-electron chi connectivity index (χ4n) is 2.53. The molecule has 0 N–H and O–H groups in total. The molecule has 3 rings (SSSR count). The quantitative estimate of drug-likeness (QED) is 0.523. The van der Waals surface area contributed by atoms with Crippen LogP contribution >= 0.6 is 39.1 Å². The summed E-state index contributed by atoms with van der Waals surface area (Å²) in [6, 6.07) is 6.24. The number of pyridine rings is 1. The number of benzene rings is 1. The van der Waals surface area contributed by atoms with Crippen molar-refractivity contribution in [1.82, 2.24) is 4.98 Å². The molecule has 1 aliphatic carbocycles. The number of hydrogen-bond acceptors (Lipinski definition) is 1. The second-order valence-corrected chi connectivity index (χ2v) is 6.62. The Morgan fingerprint density at radius 1 is 1.21 bits per heavy atom. The van der Waals surface area contributed by atoms with Crippen molar-refractivity contribution in [2.45, 2.75) is 18.2 Å². The van der Waals surface area contributed by atoms with Crippen LogP contribution in [-0.4, -0.2) is 12.8 Å². The molecule has 0 amide bonds. The van der Waals surface area contributed by atoms with Crippen LogP contribution in [0.1, 0.15) is 27.8 Å². The first-order chi connectivity index (χ1) is 9.06. The number of nitrogens with zero attached hydrogens (tertiary/aromatic N) is 1. The average Bonchev–Trinajstić information content (AvgIpc) is 2.50. The van der Waals surface area contributed by atoms with Crippen molar-refractivity contribution in [2.24, 2.45) is 0 Å². The molecule has 1 unspecified atom stereocenters. The molecule has 1 aromatic heterocycles. The van der Waals surface area contributed by atoms with Crippen molar-refractivity contribution >= 4 is 52.4 Å². The SMILES string of the molecule is Bc1cc2c(cc1Cl)CCc1cc(Br)cnc1C2Cl. The summed E-state index contributed by atoms with van der Waals surface area (Å²) in [7, 11) is 2.01. The Morgan fingerprint density at radius 2 is 1.95 bits per heavy atom. The first kappa shape index (κ1) is 13.5. The van der Waals surface area contributed by atoms with Gasteiger partial charge in [0.1, 0.15) is 13.2 Å². The van der Waals surface area contributed by atoms with Gasteiger partial charge in [0.25, 0.3) is 0 Å². The first-order valence-corrected chi connectivity index (χ1v) is 7.74. The van der Waals surface area contributed by atoms with E-state index in [-0.39, 0.29) is 5.38 Å². The Labute approximate surface area is 131 Å². The van der Waals surface area contributed by atoms with Gasteiger partial charge in [0.2, 0.25) is 0 Å². The van der Waals surface area contributed by atoms with Gasteiger partial charge in [-0.25, -0.2) is 0 Å². The van der Waals surface area contributed by atoms with E-state index in [1.54, 1.807) is 0 Å². The Bertz CT molecular complexity index is 660. The van der Waals surface area contributed by atoms with E-state index < -0.39 is 0 Å². The molecule has 0 saturated heterocycles. The Kier molecular flexibility index (Phi) is 3.63. The minimum Gasteiger partial charge on any atom is -0.258 e. The summed E-state index contributed by atoms with van der Waals surface area (Å²) in [5.41, 5.74) is 5.60. The lowest BCUT2D eigenvalue weighted by Crippen LogP contribution is -2.09. The smallest absolute Gasteiger partial charge is 0.141 e. The van der Waals surface area contributed by atoms with Gasteiger partial charge in [0.15, 0.2) is 0 Å². The van der Waals surface area contributed by atoms with Gasteiger partial charge in [-0.05, 0) is 57.6 Å². The molecule has 0 bridgehead atoms. The molecular weight excluding hydrogens is 344 g/mol. The summed E-state index contributed by atoms with van der Waals surface area (Å²) >= 11 is 16.3. The molecule has 1 atom stereocenters. The molecule has 1 aliphatic rings. The molecule has 0 saturated carbocycles. The number of halogens is 3. The van der Waals surface area contributed by atoms with Crippen LogP contribution < -0.4 is 5.46 Å². The largest absolute Gasteiger partial charge is 0.258 e. The van der Waals surface area contributed by atoms with Crippen LogP contribution in [0, 0.1) is 0 Å². The fraction of sp³-hybridized carbons (Fsp3) is 0.214. The molecule has 19 heavy (non-hydrogen) atoms. The van der Waals surface area contributed by atoms with Crippen LogP contribution in [0.2, 0.25) is 5.02 Å². The summed E-state index contributed by atoms with van der Waals surface area (Å²) in [5, 5.41) is 0.610. The van der Waals surface area contributed by atoms with E-state index >= 15 is 0 Å². The minimum absolute atomic E-state index is 0.198. The zero-order chi connectivity index (χ0) is 13.6. The van der Waals surface area contributed by atoms with Crippen LogP contribution in [-0.2, 0) is 12.8 Å². The summed E-state index contributed by atoms with van der Waals surface area (Å²) in [4.78, 5) is 4.50. The van der Waals surface area contributed by atoms with Gasteiger partial charge in [-0.15, -0.1) is 11.6 Å². The predicted octanol–water partition coefficient (Wildman–Crippen LogP) is 3.18. The third kappa shape index (κ3) is 2.44. The summed E-state index contributed by atoms with van der Waals surface area (Å²) in [6.45, 7) is 0. The van der Waals surface area contributed by atoms with Crippen LogP contribution in [0.4, 0.5) is 0 Å². The van der Waals surface area contributed by atoms with Crippen LogP contribution in [0.5, 0.6) is 0 Å². The molecule has 96 valence electrons. The topological polar surface area (TPSA) is 12.9 Å². The Hall–Kier alpha value is -0.505. The predicted molar refractivity (Wildman–Crippen MR) is 86.7 cm³/mol. The number of aromatic nitrogens is 1. The van der Waals surface area contributed by atoms with E-state index in [2.05, 4.69) is 33.0 Å². The van der Waals surface area contributed by atoms with Crippen molar-refractivity contribution in [3.63, 3.8) is 0 Å². The lowest BCUT2D eigenvalue weighted by Gasteiger charge is -2.14. The molecule has 1 heterocycles. The molecule has 2 aromatic rings. The van der Waals surface area contributed by atoms with Crippen LogP contribution in [0.25, 0.3) is 0 Å². The minimum atomic E-state index is -0.198. The van der Waals surface area contributed by atoms with Crippen molar-refractivity contribution in [3.05, 3.63) is 56.3 Å². The highest BCUT2D eigenvalue weighted by Gasteiger charge is 2.24. The lowest BCUT2D eigenvalue weighted by atomic mass is 9.90. The Morgan fingerprint density at radius 3 is 2.74 bits per heavy atom. The third-order valence-electron chi connectivity index (χ3n) is 3.57. The number of rotatable bonds is 0. The molecule has 0 spiro atoms. The van der Waals surface area contributed by atoms with Gasteiger partial charge < -0.3 is 0 Å². The zero-order valence-corrected chi connectivity index (χ0v) is 13.5. The highest BCUT2D eigenvalue weighted by Crippen LogP contribution is 2.36. The van der Waals surface area contributed by atoms with E-state index in [1.807, 2.05) is 20.1 Å². The van der Waals surface area contributed by atoms with Crippen LogP contribution in [0.15, 0.2) is 28.9 Å². The maximum atomic E-state index is 6.64. The van der Waals surface area contributed by atoms with E-state index in [1.165, 1.54) is 11.1 Å². The van der Waals surface area contributed by atoms with Gasteiger partial charge in [-0.1, -0.05) is 23.1 Å². The highest BCUT2D eigenvalue weighted by molar-refractivity contribution is 9.10. The summed E-state index contributed by atoms with van der Waals surface area (Å²) < 4.78 is 0.996. The fourth-order valence-corrected chi connectivity index (χ4v) is 3.50. The molecule has 0 fully saturated rings. The van der Waals surface area contributed by atoms with Gasteiger partial charge in [-0.3, -0.25) is 4.98 Å². The molecular formula is C14H11BBrCl2N. The third-order valence-corrected chi connectivity index (χ3v) is 4.85. The van der Waals surface area contributed by atoms with E-state index in [9.17, 15) is 0 Å². The summed E-state index contributed by atoms with van der Waals surface area (Å²) in [5.74, 6) is 0. The van der Waals surface area contributed by atoms with Crippen molar-refractivity contribution in [3.8, 4) is 0 Å². The maximum absolute atomic E-state index is 6.64. The summed E-state index contributed by atoms with van der Waals surface area (Å²) in [6.07, 6.45) is 3.70. The number of fused-ring (bicyclic) bond motifs is 2. The van der Waals surface area contributed by atoms with E-state index in [0.717, 1.165) is 39.1 Å². The van der Waals surface area contributed by atoms with Gasteiger partial charge in [-0.2, -0.15) is 0 Å². The lowest BCUT2D eigenvalue weighted by molar-refractivity contribution is 0.947. The van der Waals surface area contributed by atoms with Crippen molar-refractivity contribution < 1.29 is 0 Å². The van der Waals surface area contributed by atoms with Gasteiger partial charge >= 0.3 is 0 Å². The molecule has 0 radical (unpaired) electrons. The second-order valence-electron chi connectivity index (χ2n) is 4.86. The van der Waals surface area contributed by atoms with Gasteiger partial charge in [0, 0.05) is 15.7 Å². The monoisotopic (exact) mass is 353 g/mol. The normalized spacial score (nSPS) is 17.5. The van der Waals surface area contributed by atoms with Crippen molar-refractivity contribution in [1.29, 1.82) is 0 Å². The van der Waals surface area contributed by atoms with E-state index in [0.29, 0.717) is 0 Å². The first-order valence-electron chi connectivity index (χ1n) is 6.13. The van der Waals surface area contributed by atoms with Gasteiger partial charge in [0.05, 0.1) is 5.69 Å².